The lowest BCUT2D eigenvalue weighted by atomic mass is 9.97. The zero-order valence-corrected chi connectivity index (χ0v) is 16.6. The van der Waals surface area contributed by atoms with Crippen molar-refractivity contribution in [3.8, 4) is 0 Å². The minimum atomic E-state index is -3.25. The molecule has 1 amide bonds. The van der Waals surface area contributed by atoms with Gasteiger partial charge in [-0.2, -0.15) is 0 Å². The molecule has 2 aliphatic heterocycles. The Bertz CT molecular complexity index is 694. The minimum absolute atomic E-state index is 0.0339. The highest BCUT2D eigenvalue weighted by Gasteiger charge is 2.31. The number of amides is 1. The summed E-state index contributed by atoms with van der Waals surface area (Å²) in [5.41, 5.74) is 1.16. The fourth-order valence-electron chi connectivity index (χ4n) is 3.79. The van der Waals surface area contributed by atoms with Gasteiger partial charge >= 0.3 is 0 Å². The Hall–Kier alpha value is -1.44. The first-order valence-corrected chi connectivity index (χ1v) is 11.6. The van der Waals surface area contributed by atoms with Crippen molar-refractivity contribution >= 4 is 15.9 Å². The summed E-state index contributed by atoms with van der Waals surface area (Å²) in [5.74, 6) is 0.103. The molecular formula is C20H30N2O4S. The van der Waals surface area contributed by atoms with Crippen LogP contribution in [-0.2, 0) is 26.0 Å². The van der Waals surface area contributed by atoms with Gasteiger partial charge in [0.2, 0.25) is 15.9 Å². The molecule has 1 aromatic carbocycles. The van der Waals surface area contributed by atoms with Crippen LogP contribution in [0.4, 0.5) is 0 Å². The zero-order chi connectivity index (χ0) is 19.1. The molecule has 2 heterocycles. The monoisotopic (exact) mass is 394 g/mol. The van der Waals surface area contributed by atoms with Gasteiger partial charge in [-0.3, -0.25) is 4.79 Å². The third-order valence-electron chi connectivity index (χ3n) is 5.46. The van der Waals surface area contributed by atoms with E-state index in [-0.39, 0.29) is 23.7 Å². The normalized spacial score (nSPS) is 22.0. The van der Waals surface area contributed by atoms with E-state index in [0.29, 0.717) is 38.9 Å². The first-order valence-electron chi connectivity index (χ1n) is 9.95. The summed E-state index contributed by atoms with van der Waals surface area (Å²) in [6.07, 6.45) is 4.76. The van der Waals surface area contributed by atoms with Gasteiger partial charge in [-0.25, -0.2) is 12.7 Å². The van der Waals surface area contributed by atoms with Gasteiger partial charge in [0.25, 0.3) is 0 Å². The van der Waals surface area contributed by atoms with Crippen LogP contribution < -0.4 is 5.32 Å². The lowest BCUT2D eigenvalue weighted by Crippen LogP contribution is -2.44. The second-order valence-corrected chi connectivity index (χ2v) is 9.55. The van der Waals surface area contributed by atoms with Crippen LogP contribution in [0.3, 0.4) is 0 Å². The standard InChI is InChI=1S/C20H30N2O4S/c23-20(21-16-19-9-4-14-26-19)18-10-12-22(13-11-18)27(24,25)15-5-8-17-6-2-1-3-7-17/h1-3,6-7,18-19H,4-5,8-16H2,(H,21,23)/t19-/m0/s1. The molecule has 0 saturated carbocycles. The Balaban J connectivity index is 1.38. The predicted molar refractivity (Wildman–Crippen MR) is 105 cm³/mol. The lowest BCUT2D eigenvalue weighted by Gasteiger charge is -2.30. The van der Waals surface area contributed by atoms with Crippen molar-refractivity contribution in [2.24, 2.45) is 5.92 Å². The molecule has 0 aromatic heterocycles. The third-order valence-corrected chi connectivity index (χ3v) is 7.41. The largest absolute Gasteiger partial charge is 0.376 e. The predicted octanol–water partition coefficient (Wildman–Crippen LogP) is 1.96. The summed E-state index contributed by atoms with van der Waals surface area (Å²) in [6, 6.07) is 9.94. The Morgan fingerprint density at radius 1 is 1.15 bits per heavy atom. The molecule has 1 N–H and O–H groups in total. The Kier molecular flexibility index (Phi) is 7.26. The van der Waals surface area contributed by atoms with Gasteiger partial charge in [-0.1, -0.05) is 30.3 Å². The van der Waals surface area contributed by atoms with Crippen molar-refractivity contribution < 1.29 is 17.9 Å². The van der Waals surface area contributed by atoms with Gasteiger partial charge < -0.3 is 10.1 Å². The fraction of sp³-hybridized carbons (Fsp3) is 0.650. The highest BCUT2D eigenvalue weighted by molar-refractivity contribution is 7.89. The number of aryl methyl sites for hydroxylation is 1. The van der Waals surface area contributed by atoms with Gasteiger partial charge in [0.15, 0.2) is 0 Å². The number of hydrogen-bond donors (Lipinski definition) is 1. The molecule has 3 rings (SSSR count). The molecule has 0 radical (unpaired) electrons. The Labute approximate surface area is 162 Å². The maximum Gasteiger partial charge on any atom is 0.223 e. The van der Waals surface area contributed by atoms with E-state index in [0.717, 1.165) is 31.4 Å². The van der Waals surface area contributed by atoms with Crippen LogP contribution in [0, 0.1) is 5.92 Å². The molecule has 0 spiro atoms. The molecule has 1 atom stereocenters. The van der Waals surface area contributed by atoms with Crippen LogP contribution >= 0.6 is 0 Å². The summed E-state index contributed by atoms with van der Waals surface area (Å²) in [6.45, 7) is 2.22. The van der Waals surface area contributed by atoms with Crippen molar-refractivity contribution in [3.05, 3.63) is 35.9 Å². The summed E-state index contributed by atoms with van der Waals surface area (Å²) >= 11 is 0. The SMILES string of the molecule is O=C(NC[C@@H]1CCCO1)C1CCN(S(=O)(=O)CCCc2ccccc2)CC1. The van der Waals surface area contributed by atoms with Crippen LogP contribution in [0.5, 0.6) is 0 Å². The van der Waals surface area contributed by atoms with E-state index < -0.39 is 10.0 Å². The molecule has 0 bridgehead atoms. The number of ether oxygens (including phenoxy) is 1. The zero-order valence-electron chi connectivity index (χ0n) is 15.8. The number of piperidine rings is 1. The van der Waals surface area contributed by atoms with Gasteiger partial charge in [-0.15, -0.1) is 0 Å². The van der Waals surface area contributed by atoms with Gasteiger partial charge in [0.05, 0.1) is 11.9 Å². The number of rotatable bonds is 8. The molecule has 0 aliphatic carbocycles. The Morgan fingerprint density at radius 2 is 1.89 bits per heavy atom. The van der Waals surface area contributed by atoms with Crippen LogP contribution in [0.25, 0.3) is 0 Å². The van der Waals surface area contributed by atoms with E-state index in [2.05, 4.69) is 5.32 Å². The molecule has 7 heteroatoms. The van der Waals surface area contributed by atoms with Crippen molar-refractivity contribution in [1.29, 1.82) is 0 Å². The average Bonchev–Trinajstić information content (AvgIpc) is 3.20. The van der Waals surface area contributed by atoms with Crippen molar-refractivity contribution in [3.63, 3.8) is 0 Å². The van der Waals surface area contributed by atoms with Crippen LogP contribution in [0.15, 0.2) is 30.3 Å². The number of benzene rings is 1. The van der Waals surface area contributed by atoms with Crippen LogP contribution in [-0.4, -0.2) is 56.7 Å². The second kappa shape index (κ2) is 9.66. The number of carbonyl (C=O) groups is 1. The van der Waals surface area contributed by atoms with Crippen LogP contribution in [0.1, 0.15) is 37.7 Å². The molecule has 150 valence electrons. The van der Waals surface area contributed by atoms with E-state index in [4.69, 9.17) is 4.74 Å². The summed E-state index contributed by atoms with van der Waals surface area (Å²) in [7, 11) is -3.25. The maximum absolute atomic E-state index is 12.6. The topological polar surface area (TPSA) is 75.7 Å². The van der Waals surface area contributed by atoms with E-state index in [1.165, 1.54) is 0 Å². The fourth-order valence-corrected chi connectivity index (χ4v) is 5.33. The highest BCUT2D eigenvalue weighted by atomic mass is 32.2. The summed E-state index contributed by atoms with van der Waals surface area (Å²) < 4.78 is 32.2. The number of sulfonamides is 1. The molecule has 2 saturated heterocycles. The smallest absolute Gasteiger partial charge is 0.223 e. The van der Waals surface area contributed by atoms with E-state index in [9.17, 15) is 13.2 Å². The molecule has 2 aliphatic rings. The summed E-state index contributed by atoms with van der Waals surface area (Å²) in [5, 5.41) is 2.97. The van der Waals surface area contributed by atoms with E-state index in [1.807, 2.05) is 30.3 Å². The van der Waals surface area contributed by atoms with Crippen molar-refractivity contribution in [2.75, 3.05) is 32.0 Å². The first kappa shape index (κ1) is 20.3. The van der Waals surface area contributed by atoms with Gasteiger partial charge in [0.1, 0.15) is 0 Å². The number of nitrogens with zero attached hydrogens (tertiary/aromatic N) is 1. The van der Waals surface area contributed by atoms with Crippen molar-refractivity contribution in [2.45, 2.75) is 44.6 Å². The molecule has 2 fully saturated rings. The molecular weight excluding hydrogens is 364 g/mol. The second-order valence-electron chi connectivity index (χ2n) is 7.46. The average molecular weight is 395 g/mol. The highest BCUT2D eigenvalue weighted by Crippen LogP contribution is 2.21. The minimum Gasteiger partial charge on any atom is -0.376 e. The van der Waals surface area contributed by atoms with Crippen LogP contribution in [0.2, 0.25) is 0 Å². The number of nitrogens with one attached hydrogen (secondary N) is 1. The number of hydrogen-bond acceptors (Lipinski definition) is 4. The van der Waals surface area contributed by atoms with Gasteiger partial charge in [-0.05, 0) is 44.1 Å². The molecule has 1 aromatic rings. The maximum atomic E-state index is 12.6. The van der Waals surface area contributed by atoms with Gasteiger partial charge in [0, 0.05) is 32.2 Å². The third kappa shape index (κ3) is 6.02. The van der Waals surface area contributed by atoms with E-state index >= 15 is 0 Å². The van der Waals surface area contributed by atoms with E-state index in [1.54, 1.807) is 4.31 Å². The molecule has 27 heavy (non-hydrogen) atoms. The Morgan fingerprint density at radius 3 is 2.56 bits per heavy atom. The molecule has 0 unspecified atom stereocenters. The lowest BCUT2D eigenvalue weighted by molar-refractivity contribution is -0.126. The summed E-state index contributed by atoms with van der Waals surface area (Å²) in [4.78, 5) is 12.3. The quantitative estimate of drug-likeness (QED) is 0.731. The molecule has 6 nitrogen and oxygen atoms in total. The first-order chi connectivity index (χ1) is 13.0. The number of carbonyl (C=O) groups excluding carboxylic acids is 1. The van der Waals surface area contributed by atoms with Crippen molar-refractivity contribution in [1.82, 2.24) is 9.62 Å².